The molecule has 0 fully saturated rings. The van der Waals surface area contributed by atoms with Crippen LogP contribution in [0.4, 0.5) is 5.95 Å². The molecule has 142 valence electrons. The molecule has 0 saturated carbocycles. The van der Waals surface area contributed by atoms with E-state index in [1.54, 1.807) is 41.9 Å². The Morgan fingerprint density at radius 1 is 1.11 bits per heavy atom. The van der Waals surface area contributed by atoms with Crippen LogP contribution in [0.15, 0.2) is 53.7 Å². The van der Waals surface area contributed by atoms with Gasteiger partial charge in [0.15, 0.2) is 5.82 Å². The number of aromatic nitrogens is 3. The van der Waals surface area contributed by atoms with Gasteiger partial charge in [-0.25, -0.2) is 4.68 Å². The number of anilines is 1. The normalized spacial score (nSPS) is 15.9. The van der Waals surface area contributed by atoms with E-state index in [1.807, 2.05) is 12.1 Å². The molecular weight excluding hydrogens is 421 g/mol. The number of benzene rings is 2. The first-order valence-corrected chi connectivity index (χ1v) is 9.43. The van der Waals surface area contributed by atoms with Crippen LogP contribution in [0, 0.1) is 0 Å². The van der Waals surface area contributed by atoms with Gasteiger partial charge in [0.1, 0.15) is 6.04 Å². The van der Waals surface area contributed by atoms with E-state index in [0.29, 0.717) is 43.7 Å². The zero-order valence-corrected chi connectivity index (χ0v) is 16.8. The summed E-state index contributed by atoms with van der Waals surface area (Å²) in [6, 6.07) is 11.7. The molecule has 1 unspecified atom stereocenters. The van der Waals surface area contributed by atoms with Crippen LogP contribution in [0.2, 0.25) is 15.1 Å². The number of hydrogen-bond acceptors (Lipinski definition) is 4. The quantitative estimate of drug-likeness (QED) is 0.627. The fourth-order valence-corrected chi connectivity index (χ4v) is 3.83. The third-order valence-electron chi connectivity index (χ3n) is 4.48. The van der Waals surface area contributed by atoms with Crippen LogP contribution in [0.3, 0.4) is 0 Å². The molecule has 28 heavy (non-hydrogen) atoms. The van der Waals surface area contributed by atoms with E-state index < -0.39 is 11.9 Å². The molecule has 1 aliphatic heterocycles. The maximum Gasteiger partial charge on any atom is 0.248 e. The Kier molecular flexibility index (Phi) is 4.79. The predicted octanol–water partition coefficient (Wildman–Crippen LogP) is 4.68. The minimum atomic E-state index is -0.544. The number of amides is 1. The number of fused-ring (bicyclic) bond motifs is 1. The van der Waals surface area contributed by atoms with Gasteiger partial charge in [-0.05, 0) is 42.8 Å². The van der Waals surface area contributed by atoms with Gasteiger partial charge in [0.05, 0.1) is 10.6 Å². The molecule has 0 spiro atoms. The van der Waals surface area contributed by atoms with E-state index in [2.05, 4.69) is 15.4 Å². The molecule has 4 rings (SSSR count). The van der Waals surface area contributed by atoms with Gasteiger partial charge < -0.3 is 11.1 Å². The molecule has 1 aliphatic rings. The summed E-state index contributed by atoms with van der Waals surface area (Å²) in [6.45, 7) is 1.77. The number of allylic oxidation sites excluding steroid dienone is 1. The summed E-state index contributed by atoms with van der Waals surface area (Å²) >= 11 is 18.3. The average molecular weight is 435 g/mol. The van der Waals surface area contributed by atoms with Crippen molar-refractivity contribution in [2.45, 2.75) is 13.0 Å². The summed E-state index contributed by atoms with van der Waals surface area (Å²) in [4.78, 5) is 16.7. The number of primary amides is 1. The molecule has 3 aromatic rings. The maximum absolute atomic E-state index is 12.2. The standard InChI is InChI=1S/C19H14Cl3N5O/c1-9-15(17(23)28)16(10-2-4-11(20)5-3-10)27-19(24-9)25-18(26-27)13-7-6-12(21)8-14(13)22/h2-8,16H,1H3,(H2,23,28)(H,24,25,26). The highest BCUT2D eigenvalue weighted by molar-refractivity contribution is 6.36. The Bertz CT molecular complexity index is 1120. The molecule has 0 bridgehead atoms. The monoisotopic (exact) mass is 433 g/mol. The molecule has 6 nitrogen and oxygen atoms in total. The minimum Gasteiger partial charge on any atom is -0.366 e. The summed E-state index contributed by atoms with van der Waals surface area (Å²) < 4.78 is 1.62. The molecule has 3 N–H and O–H groups in total. The lowest BCUT2D eigenvalue weighted by Gasteiger charge is -2.27. The van der Waals surface area contributed by atoms with Crippen molar-refractivity contribution >= 4 is 46.7 Å². The number of hydrogen-bond donors (Lipinski definition) is 2. The van der Waals surface area contributed by atoms with Crippen LogP contribution < -0.4 is 11.1 Å². The number of carbonyl (C=O) groups excluding carboxylic acids is 1. The zero-order chi connectivity index (χ0) is 20.0. The summed E-state index contributed by atoms with van der Waals surface area (Å²) in [7, 11) is 0. The highest BCUT2D eigenvalue weighted by Gasteiger charge is 2.33. The lowest BCUT2D eigenvalue weighted by Crippen LogP contribution is -2.31. The first kappa shape index (κ1) is 18.8. The summed E-state index contributed by atoms with van der Waals surface area (Å²) in [5.41, 5.74) is 8.11. The third-order valence-corrected chi connectivity index (χ3v) is 5.28. The van der Waals surface area contributed by atoms with Crippen molar-refractivity contribution in [2.24, 2.45) is 5.73 Å². The Morgan fingerprint density at radius 3 is 2.43 bits per heavy atom. The topological polar surface area (TPSA) is 85.8 Å². The second-order valence-electron chi connectivity index (χ2n) is 6.31. The van der Waals surface area contributed by atoms with Gasteiger partial charge in [-0.2, -0.15) is 4.98 Å². The van der Waals surface area contributed by atoms with Crippen LogP contribution in [0.1, 0.15) is 18.5 Å². The smallest absolute Gasteiger partial charge is 0.248 e. The molecule has 2 heterocycles. The van der Waals surface area contributed by atoms with E-state index in [4.69, 9.17) is 40.5 Å². The van der Waals surface area contributed by atoms with E-state index in [1.165, 1.54) is 0 Å². The summed E-state index contributed by atoms with van der Waals surface area (Å²) in [6.07, 6.45) is 0. The highest BCUT2D eigenvalue weighted by atomic mass is 35.5. The number of nitrogens with zero attached hydrogens (tertiary/aromatic N) is 3. The van der Waals surface area contributed by atoms with Gasteiger partial charge >= 0.3 is 0 Å². The van der Waals surface area contributed by atoms with Crippen molar-refractivity contribution in [2.75, 3.05) is 5.32 Å². The summed E-state index contributed by atoms with van der Waals surface area (Å²) in [5, 5.41) is 9.23. The lowest BCUT2D eigenvalue weighted by molar-refractivity contribution is -0.115. The van der Waals surface area contributed by atoms with Gasteiger partial charge in [0, 0.05) is 21.3 Å². The number of carbonyl (C=O) groups is 1. The van der Waals surface area contributed by atoms with Crippen LogP contribution >= 0.6 is 34.8 Å². The van der Waals surface area contributed by atoms with Gasteiger partial charge in [-0.3, -0.25) is 4.79 Å². The molecule has 9 heteroatoms. The number of halogens is 3. The van der Waals surface area contributed by atoms with Crippen molar-refractivity contribution in [3.63, 3.8) is 0 Å². The van der Waals surface area contributed by atoms with E-state index in [-0.39, 0.29) is 0 Å². The zero-order valence-electron chi connectivity index (χ0n) is 14.6. The molecule has 0 saturated heterocycles. The SMILES string of the molecule is CC1=C(C(N)=O)C(c2ccc(Cl)cc2)n2nc(-c3ccc(Cl)cc3Cl)nc2N1. The fraction of sp³-hybridized carbons (Fsp3) is 0.105. The third kappa shape index (κ3) is 3.24. The molecule has 2 aromatic carbocycles. The van der Waals surface area contributed by atoms with Crippen LogP contribution in [0.5, 0.6) is 0 Å². The van der Waals surface area contributed by atoms with Crippen LogP contribution in [-0.2, 0) is 4.79 Å². The number of rotatable bonds is 3. The van der Waals surface area contributed by atoms with Crippen molar-refractivity contribution in [1.82, 2.24) is 14.8 Å². The average Bonchev–Trinajstić information content (AvgIpc) is 3.04. The minimum absolute atomic E-state index is 0.397. The van der Waals surface area contributed by atoms with Gasteiger partial charge in [-0.15, -0.1) is 5.10 Å². The Hall–Kier alpha value is -2.54. The van der Waals surface area contributed by atoms with Crippen molar-refractivity contribution < 1.29 is 4.79 Å². The van der Waals surface area contributed by atoms with E-state index in [9.17, 15) is 4.79 Å². The van der Waals surface area contributed by atoms with Gasteiger partial charge in [0.25, 0.3) is 0 Å². The van der Waals surface area contributed by atoms with Gasteiger partial charge in [0.2, 0.25) is 11.9 Å². The molecule has 0 radical (unpaired) electrons. The second kappa shape index (κ2) is 7.13. The lowest BCUT2D eigenvalue weighted by atomic mass is 9.95. The molecule has 0 aliphatic carbocycles. The largest absolute Gasteiger partial charge is 0.366 e. The second-order valence-corrected chi connectivity index (χ2v) is 7.59. The first-order valence-electron chi connectivity index (χ1n) is 8.30. The Labute approximate surface area is 175 Å². The molecule has 1 atom stereocenters. The van der Waals surface area contributed by atoms with Crippen LogP contribution in [0.25, 0.3) is 11.4 Å². The number of nitrogens with two attached hydrogens (primary N) is 1. The highest BCUT2D eigenvalue weighted by Crippen LogP contribution is 2.37. The van der Waals surface area contributed by atoms with E-state index >= 15 is 0 Å². The first-order chi connectivity index (χ1) is 13.3. The van der Waals surface area contributed by atoms with Crippen LogP contribution in [-0.4, -0.2) is 20.7 Å². The fourth-order valence-electron chi connectivity index (χ4n) is 3.21. The Morgan fingerprint density at radius 2 is 1.79 bits per heavy atom. The molecular formula is C19H14Cl3N5O. The van der Waals surface area contributed by atoms with Crippen molar-refractivity contribution in [1.29, 1.82) is 0 Å². The Balaban J connectivity index is 1.89. The van der Waals surface area contributed by atoms with E-state index in [0.717, 1.165) is 5.56 Å². The molecule has 1 amide bonds. The maximum atomic E-state index is 12.2. The van der Waals surface area contributed by atoms with Crippen molar-refractivity contribution in [3.05, 3.63) is 74.4 Å². The van der Waals surface area contributed by atoms with Gasteiger partial charge in [-0.1, -0.05) is 46.9 Å². The predicted molar refractivity (Wildman–Crippen MR) is 111 cm³/mol. The molecule has 1 aromatic heterocycles. The summed E-state index contributed by atoms with van der Waals surface area (Å²) in [5.74, 6) is 0.335. The van der Waals surface area contributed by atoms with Crippen molar-refractivity contribution in [3.8, 4) is 11.4 Å². The number of nitrogens with one attached hydrogen (secondary N) is 1.